The monoisotopic (exact) mass is 238 g/mol. The van der Waals surface area contributed by atoms with Crippen LogP contribution in [0, 0.1) is 23.2 Å². The van der Waals surface area contributed by atoms with Crippen LogP contribution in [0.4, 0.5) is 0 Å². The van der Waals surface area contributed by atoms with E-state index in [-0.39, 0.29) is 0 Å². The first kappa shape index (κ1) is 15.1. The average molecular weight is 238 g/mol. The van der Waals surface area contributed by atoms with Crippen molar-refractivity contribution < 1.29 is 0 Å². The van der Waals surface area contributed by atoms with Crippen molar-refractivity contribution in [1.29, 1.82) is 0 Å². The molecule has 1 fully saturated rings. The van der Waals surface area contributed by atoms with Gasteiger partial charge in [0.15, 0.2) is 0 Å². The second kappa shape index (κ2) is 6.81. The van der Waals surface area contributed by atoms with Crippen LogP contribution in [0.25, 0.3) is 0 Å². The summed E-state index contributed by atoms with van der Waals surface area (Å²) in [5, 5.41) is 0. The molecule has 0 N–H and O–H groups in total. The minimum absolute atomic E-state index is 0.586. The molecule has 0 aliphatic heterocycles. The van der Waals surface area contributed by atoms with Crippen LogP contribution in [0.2, 0.25) is 0 Å². The molecule has 0 heteroatoms. The van der Waals surface area contributed by atoms with Crippen molar-refractivity contribution in [2.45, 2.75) is 86.0 Å². The number of rotatable bonds is 7. The fraction of sp³-hybridized carbons (Fsp3) is 1.00. The highest BCUT2D eigenvalue weighted by Gasteiger charge is 2.44. The highest BCUT2D eigenvalue weighted by molar-refractivity contribution is 4.94. The third-order valence-electron chi connectivity index (χ3n) is 5.57. The number of hydrogen-bond acceptors (Lipinski definition) is 0. The molecule has 0 bridgehead atoms. The van der Waals surface area contributed by atoms with Crippen LogP contribution in [0.3, 0.4) is 0 Å². The van der Waals surface area contributed by atoms with E-state index in [1.165, 1.54) is 51.4 Å². The third-order valence-corrected chi connectivity index (χ3v) is 5.57. The van der Waals surface area contributed by atoms with Gasteiger partial charge in [0.2, 0.25) is 0 Å². The maximum atomic E-state index is 2.50. The van der Waals surface area contributed by atoms with E-state index in [0.717, 1.165) is 17.8 Å². The summed E-state index contributed by atoms with van der Waals surface area (Å²) in [5.74, 6) is 2.92. The largest absolute Gasteiger partial charge is 0.0654 e. The lowest BCUT2D eigenvalue weighted by molar-refractivity contribution is 0.168. The van der Waals surface area contributed by atoms with E-state index in [1.807, 2.05) is 0 Å². The summed E-state index contributed by atoms with van der Waals surface area (Å²) >= 11 is 0. The van der Waals surface area contributed by atoms with Gasteiger partial charge < -0.3 is 0 Å². The Labute approximate surface area is 110 Å². The second-order valence-electron chi connectivity index (χ2n) is 6.94. The molecule has 1 saturated carbocycles. The topological polar surface area (TPSA) is 0 Å². The van der Waals surface area contributed by atoms with Crippen molar-refractivity contribution in [3.8, 4) is 0 Å². The van der Waals surface area contributed by atoms with E-state index in [9.17, 15) is 0 Å². The Morgan fingerprint density at radius 2 is 1.65 bits per heavy atom. The van der Waals surface area contributed by atoms with Crippen molar-refractivity contribution in [1.82, 2.24) is 0 Å². The summed E-state index contributed by atoms with van der Waals surface area (Å²) in [7, 11) is 0. The van der Waals surface area contributed by atoms with E-state index < -0.39 is 0 Å². The van der Waals surface area contributed by atoms with Gasteiger partial charge in [-0.15, -0.1) is 0 Å². The minimum Gasteiger partial charge on any atom is -0.0654 e. The normalized spacial score (nSPS) is 31.9. The van der Waals surface area contributed by atoms with Gasteiger partial charge in [-0.3, -0.25) is 0 Å². The van der Waals surface area contributed by atoms with E-state index in [4.69, 9.17) is 0 Å². The highest BCUT2D eigenvalue weighted by Crippen LogP contribution is 2.53. The molecule has 0 aromatic rings. The van der Waals surface area contributed by atoms with Gasteiger partial charge in [-0.1, -0.05) is 79.6 Å². The molecule has 17 heavy (non-hydrogen) atoms. The Balaban J connectivity index is 2.33. The highest BCUT2D eigenvalue weighted by atomic mass is 14.5. The standard InChI is InChI=1S/C17H34/c1-6-8-9-10-11-12-15-13-14(3)17(4,5)16(15)7-2/h14-16H,6-13H2,1-5H3/t14-,15+,16?/m1/s1. The molecule has 0 heterocycles. The Morgan fingerprint density at radius 1 is 1.00 bits per heavy atom. The van der Waals surface area contributed by atoms with E-state index >= 15 is 0 Å². The first-order valence-corrected chi connectivity index (χ1v) is 8.04. The van der Waals surface area contributed by atoms with Gasteiger partial charge >= 0.3 is 0 Å². The maximum absolute atomic E-state index is 2.50. The van der Waals surface area contributed by atoms with Crippen molar-refractivity contribution in [2.75, 3.05) is 0 Å². The molecule has 0 nitrogen and oxygen atoms in total. The van der Waals surface area contributed by atoms with Gasteiger partial charge in [-0.05, 0) is 29.6 Å². The molecule has 1 aliphatic rings. The predicted molar refractivity (Wildman–Crippen MR) is 78.2 cm³/mol. The van der Waals surface area contributed by atoms with Crippen LogP contribution < -0.4 is 0 Å². The molecule has 3 atom stereocenters. The Kier molecular flexibility index (Phi) is 6.03. The molecule has 0 aromatic carbocycles. The zero-order valence-corrected chi connectivity index (χ0v) is 12.9. The summed E-state index contributed by atoms with van der Waals surface area (Å²) in [6.45, 7) is 12.2. The zero-order chi connectivity index (χ0) is 12.9. The van der Waals surface area contributed by atoms with Gasteiger partial charge in [-0.25, -0.2) is 0 Å². The molecule has 0 aromatic heterocycles. The SMILES string of the molecule is CCCCCCC[C@H]1C[C@@H](C)C(C)(C)C1CC. The van der Waals surface area contributed by atoms with Crippen molar-refractivity contribution in [3.63, 3.8) is 0 Å². The lowest BCUT2D eigenvalue weighted by Crippen LogP contribution is -2.25. The first-order valence-electron chi connectivity index (χ1n) is 8.04. The molecule has 0 spiro atoms. The Bertz CT molecular complexity index is 204. The van der Waals surface area contributed by atoms with Crippen molar-refractivity contribution >= 4 is 0 Å². The Morgan fingerprint density at radius 3 is 2.24 bits per heavy atom. The summed E-state index contributed by atoms with van der Waals surface area (Å²) in [6.07, 6.45) is 11.6. The fourth-order valence-corrected chi connectivity index (χ4v) is 4.08. The maximum Gasteiger partial charge on any atom is -0.0298 e. The quantitative estimate of drug-likeness (QED) is 0.473. The van der Waals surface area contributed by atoms with Crippen LogP contribution in [0.5, 0.6) is 0 Å². The molecule has 102 valence electrons. The van der Waals surface area contributed by atoms with Crippen LogP contribution >= 0.6 is 0 Å². The molecule has 0 amide bonds. The average Bonchev–Trinajstić information content (AvgIpc) is 2.49. The molecule has 0 saturated heterocycles. The van der Waals surface area contributed by atoms with Crippen molar-refractivity contribution in [3.05, 3.63) is 0 Å². The third kappa shape index (κ3) is 3.73. The van der Waals surface area contributed by atoms with Crippen LogP contribution in [-0.2, 0) is 0 Å². The summed E-state index contributed by atoms with van der Waals surface area (Å²) < 4.78 is 0. The number of hydrogen-bond donors (Lipinski definition) is 0. The first-order chi connectivity index (χ1) is 8.04. The molecule has 1 unspecified atom stereocenters. The van der Waals surface area contributed by atoms with Crippen LogP contribution in [-0.4, -0.2) is 0 Å². The summed E-state index contributed by atoms with van der Waals surface area (Å²) in [5.41, 5.74) is 0.586. The van der Waals surface area contributed by atoms with Gasteiger partial charge in [0, 0.05) is 0 Å². The molecular weight excluding hydrogens is 204 g/mol. The summed E-state index contributed by atoms with van der Waals surface area (Å²) in [6, 6.07) is 0. The fourth-order valence-electron chi connectivity index (χ4n) is 4.08. The minimum atomic E-state index is 0.586. The van der Waals surface area contributed by atoms with E-state index in [1.54, 1.807) is 0 Å². The van der Waals surface area contributed by atoms with E-state index in [0.29, 0.717) is 5.41 Å². The van der Waals surface area contributed by atoms with Gasteiger partial charge in [0.1, 0.15) is 0 Å². The van der Waals surface area contributed by atoms with Gasteiger partial charge in [0.25, 0.3) is 0 Å². The molecule has 1 rings (SSSR count). The van der Waals surface area contributed by atoms with Gasteiger partial charge in [-0.2, -0.15) is 0 Å². The predicted octanol–water partition coefficient (Wildman–Crippen LogP) is 6.06. The lowest BCUT2D eigenvalue weighted by atomic mass is 9.73. The van der Waals surface area contributed by atoms with E-state index in [2.05, 4.69) is 34.6 Å². The number of unbranched alkanes of at least 4 members (excludes halogenated alkanes) is 4. The molecule has 0 radical (unpaired) electrons. The molecule has 1 aliphatic carbocycles. The summed E-state index contributed by atoms with van der Waals surface area (Å²) in [4.78, 5) is 0. The van der Waals surface area contributed by atoms with Gasteiger partial charge in [0.05, 0.1) is 0 Å². The Hall–Kier alpha value is 0. The van der Waals surface area contributed by atoms with Crippen molar-refractivity contribution in [2.24, 2.45) is 23.2 Å². The lowest BCUT2D eigenvalue weighted by Gasteiger charge is -2.32. The smallest absolute Gasteiger partial charge is 0.0298 e. The van der Waals surface area contributed by atoms with Crippen LogP contribution in [0.1, 0.15) is 86.0 Å². The zero-order valence-electron chi connectivity index (χ0n) is 12.9. The molecular formula is C17H34. The second-order valence-corrected chi connectivity index (χ2v) is 6.94. The van der Waals surface area contributed by atoms with Crippen LogP contribution in [0.15, 0.2) is 0 Å².